The normalized spacial score (nSPS) is 11.0. The highest BCUT2D eigenvalue weighted by atomic mass is 35.5. The zero-order valence-corrected chi connectivity index (χ0v) is 10.9. The third-order valence-corrected chi connectivity index (χ3v) is 2.54. The predicted molar refractivity (Wildman–Crippen MR) is 70.5 cm³/mol. The van der Waals surface area contributed by atoms with Crippen LogP contribution in [0.25, 0.3) is 0 Å². The van der Waals surface area contributed by atoms with Crippen LogP contribution in [0.2, 0.25) is 5.02 Å². The van der Waals surface area contributed by atoms with Gasteiger partial charge in [0, 0.05) is 10.9 Å². The first-order valence-corrected chi connectivity index (χ1v) is 5.25. The minimum Gasteiger partial charge on any atom is -0.481 e. The monoisotopic (exact) mass is 290 g/mol. The molecule has 1 aromatic rings. The third-order valence-electron chi connectivity index (χ3n) is 2.30. The fraction of sp³-hybridized carbons (Fsp3) is 0.273. The van der Waals surface area contributed by atoms with E-state index in [4.69, 9.17) is 22.4 Å². The van der Waals surface area contributed by atoms with Gasteiger partial charge in [0.15, 0.2) is 0 Å². The van der Waals surface area contributed by atoms with Crippen LogP contribution in [0.4, 0.5) is 5.69 Å². The van der Waals surface area contributed by atoms with Gasteiger partial charge in [-0.05, 0) is 24.2 Å². The maximum absolute atomic E-state index is 10.7. The summed E-state index contributed by atoms with van der Waals surface area (Å²) in [6.07, 6.45) is 1.29. The number of benzene rings is 1. The van der Waals surface area contributed by atoms with E-state index in [9.17, 15) is 9.59 Å². The Balaban J connectivity index is 0.00000289. The first-order valence-electron chi connectivity index (χ1n) is 4.87. The molecule has 3 N–H and O–H groups in total. The quantitative estimate of drug-likeness (QED) is 0.642. The summed E-state index contributed by atoms with van der Waals surface area (Å²) in [7, 11) is 0. The zero-order chi connectivity index (χ0) is 12.8. The van der Waals surface area contributed by atoms with Gasteiger partial charge in [0.1, 0.15) is 0 Å². The Kier molecular flexibility index (Phi) is 7.24. The molecule has 1 atom stereocenters. The zero-order valence-electron chi connectivity index (χ0n) is 9.30. The lowest BCUT2D eigenvalue weighted by Crippen LogP contribution is -2.16. The van der Waals surface area contributed by atoms with Gasteiger partial charge >= 0.3 is 5.97 Å². The molecule has 1 aromatic carbocycles. The van der Waals surface area contributed by atoms with Crippen LogP contribution >= 0.6 is 24.0 Å². The van der Waals surface area contributed by atoms with Crippen molar-refractivity contribution >= 4 is 41.7 Å². The summed E-state index contributed by atoms with van der Waals surface area (Å²) in [5, 5.41) is 9.17. The van der Waals surface area contributed by atoms with E-state index in [2.05, 4.69) is 4.99 Å². The average molecular weight is 291 g/mol. The number of aliphatic imine (C=N–C) groups is 1. The summed E-state index contributed by atoms with van der Waals surface area (Å²) in [5.41, 5.74) is 6.41. The van der Waals surface area contributed by atoms with E-state index >= 15 is 0 Å². The van der Waals surface area contributed by atoms with Crippen LogP contribution in [0, 0.1) is 0 Å². The first-order chi connectivity index (χ1) is 8.08. The van der Waals surface area contributed by atoms with E-state index in [1.807, 2.05) is 0 Å². The largest absolute Gasteiger partial charge is 0.481 e. The minimum atomic E-state index is -0.962. The van der Waals surface area contributed by atoms with Crippen molar-refractivity contribution in [3.05, 3.63) is 28.8 Å². The molecule has 0 bridgehead atoms. The van der Waals surface area contributed by atoms with Crippen molar-refractivity contribution in [2.24, 2.45) is 10.7 Å². The maximum atomic E-state index is 10.7. The molecule has 0 saturated heterocycles. The molecule has 0 aliphatic heterocycles. The number of nitrogens with two attached hydrogens (primary N) is 1. The molecule has 0 spiro atoms. The van der Waals surface area contributed by atoms with Gasteiger partial charge in [-0.25, -0.2) is 4.79 Å². The van der Waals surface area contributed by atoms with Crippen molar-refractivity contribution < 1.29 is 14.7 Å². The Morgan fingerprint density at radius 1 is 1.56 bits per heavy atom. The number of hydrogen-bond donors (Lipinski definition) is 2. The Morgan fingerprint density at radius 3 is 2.72 bits per heavy atom. The van der Waals surface area contributed by atoms with Crippen molar-refractivity contribution in [3.63, 3.8) is 0 Å². The molecule has 18 heavy (non-hydrogen) atoms. The van der Waals surface area contributed by atoms with Gasteiger partial charge in [0.2, 0.25) is 6.08 Å². The summed E-state index contributed by atoms with van der Waals surface area (Å²) in [6, 6.07) is 4.70. The van der Waals surface area contributed by atoms with Gasteiger partial charge in [0.05, 0.1) is 12.1 Å². The second-order valence-corrected chi connectivity index (χ2v) is 3.87. The first kappa shape index (κ1) is 16.6. The number of halogens is 2. The van der Waals surface area contributed by atoms with Crippen LogP contribution in [0.5, 0.6) is 0 Å². The molecule has 0 radical (unpaired) electrons. The predicted octanol–water partition coefficient (Wildman–Crippen LogP) is 2.25. The van der Waals surface area contributed by atoms with E-state index in [0.29, 0.717) is 16.3 Å². The maximum Gasteiger partial charge on any atom is 0.304 e. The fourth-order valence-electron chi connectivity index (χ4n) is 1.54. The van der Waals surface area contributed by atoms with Crippen LogP contribution < -0.4 is 5.73 Å². The van der Waals surface area contributed by atoms with Crippen molar-refractivity contribution in [3.8, 4) is 0 Å². The van der Waals surface area contributed by atoms with Crippen molar-refractivity contribution in [2.45, 2.75) is 12.3 Å². The van der Waals surface area contributed by atoms with Crippen molar-refractivity contribution in [2.75, 3.05) is 6.54 Å². The molecule has 0 heterocycles. The van der Waals surface area contributed by atoms with Gasteiger partial charge in [-0.15, -0.1) is 12.4 Å². The van der Waals surface area contributed by atoms with Crippen LogP contribution in [0.1, 0.15) is 17.9 Å². The van der Waals surface area contributed by atoms with Crippen molar-refractivity contribution in [1.82, 2.24) is 0 Å². The van der Waals surface area contributed by atoms with E-state index in [1.54, 1.807) is 12.1 Å². The Hall–Kier alpha value is -1.39. The second-order valence-electron chi connectivity index (χ2n) is 3.44. The van der Waals surface area contributed by atoms with Crippen molar-refractivity contribution in [1.29, 1.82) is 0 Å². The number of hydrogen-bond acceptors (Lipinski definition) is 4. The summed E-state index contributed by atoms with van der Waals surface area (Å²) in [4.78, 5) is 24.5. The fourth-order valence-corrected chi connectivity index (χ4v) is 1.71. The van der Waals surface area contributed by atoms with Crippen LogP contribution in [0.15, 0.2) is 23.2 Å². The smallest absolute Gasteiger partial charge is 0.304 e. The number of carboxylic acids is 1. The highest BCUT2D eigenvalue weighted by Crippen LogP contribution is 2.31. The number of aliphatic carboxylic acids is 1. The molecule has 0 unspecified atom stereocenters. The lowest BCUT2D eigenvalue weighted by molar-refractivity contribution is -0.137. The lowest BCUT2D eigenvalue weighted by Gasteiger charge is -2.14. The molecule has 0 amide bonds. The number of carbonyl (C=O) groups excluding carboxylic acids is 1. The van der Waals surface area contributed by atoms with Gasteiger partial charge in [-0.1, -0.05) is 17.7 Å². The molecule has 1 rings (SSSR count). The molecule has 0 aliphatic rings. The Bertz CT molecular complexity index is 473. The van der Waals surface area contributed by atoms with E-state index in [0.717, 1.165) is 0 Å². The summed E-state index contributed by atoms with van der Waals surface area (Å²) >= 11 is 5.77. The van der Waals surface area contributed by atoms with E-state index in [1.165, 1.54) is 12.1 Å². The van der Waals surface area contributed by atoms with Gasteiger partial charge < -0.3 is 10.8 Å². The molecular formula is C11H12Cl2N2O3. The summed E-state index contributed by atoms with van der Waals surface area (Å²) in [5.74, 6) is -1.37. The SMILES string of the molecule is Cl.NC[C@H](CC(=O)O)c1ccc(Cl)cc1N=C=O. The molecule has 5 nitrogen and oxygen atoms in total. The van der Waals surface area contributed by atoms with Crippen LogP contribution in [-0.4, -0.2) is 23.7 Å². The highest BCUT2D eigenvalue weighted by Gasteiger charge is 2.17. The molecule has 0 aliphatic carbocycles. The van der Waals surface area contributed by atoms with Gasteiger partial charge in [0.25, 0.3) is 0 Å². The number of nitrogens with zero attached hydrogens (tertiary/aromatic N) is 1. The summed E-state index contributed by atoms with van der Waals surface area (Å²) < 4.78 is 0. The Labute approximate surface area is 115 Å². The molecule has 0 aromatic heterocycles. The average Bonchev–Trinajstić information content (AvgIpc) is 2.27. The van der Waals surface area contributed by atoms with E-state index < -0.39 is 11.9 Å². The second kappa shape index (κ2) is 7.84. The van der Waals surface area contributed by atoms with Gasteiger partial charge in [-0.2, -0.15) is 4.99 Å². The van der Waals surface area contributed by atoms with Crippen LogP contribution in [-0.2, 0) is 9.59 Å². The topological polar surface area (TPSA) is 92.8 Å². The van der Waals surface area contributed by atoms with E-state index in [-0.39, 0.29) is 25.4 Å². The Morgan fingerprint density at radius 2 is 2.22 bits per heavy atom. The lowest BCUT2D eigenvalue weighted by atomic mass is 9.94. The number of rotatable bonds is 5. The van der Waals surface area contributed by atoms with Crippen LogP contribution in [0.3, 0.4) is 0 Å². The highest BCUT2D eigenvalue weighted by molar-refractivity contribution is 6.30. The van der Waals surface area contributed by atoms with Gasteiger partial charge in [-0.3, -0.25) is 4.79 Å². The summed E-state index contributed by atoms with van der Waals surface area (Å²) in [6.45, 7) is 0.148. The number of carbonyl (C=O) groups is 1. The molecule has 7 heteroatoms. The molecular weight excluding hydrogens is 279 g/mol. The standard InChI is InChI=1S/C11H11ClN2O3.ClH/c12-8-1-2-9(10(4-8)14-6-15)7(5-13)3-11(16)17;/h1-2,4,7H,3,5,13H2,(H,16,17);1H/t7-;/m0./s1. The molecule has 0 fully saturated rings. The number of carboxylic acid groups (broad SMARTS) is 1. The molecule has 98 valence electrons. The number of isocyanates is 1. The molecule has 0 saturated carbocycles. The minimum absolute atomic E-state index is 0. The third kappa shape index (κ3) is 4.47.